The van der Waals surface area contributed by atoms with Crippen LogP contribution in [-0.2, 0) is 4.74 Å². The van der Waals surface area contributed by atoms with Gasteiger partial charge in [0.05, 0.1) is 12.7 Å². The molecule has 1 N–H and O–H groups in total. The van der Waals surface area contributed by atoms with Gasteiger partial charge in [-0.2, -0.15) is 0 Å². The summed E-state index contributed by atoms with van der Waals surface area (Å²) in [4.78, 5) is 0. The third-order valence-electron chi connectivity index (χ3n) is 2.33. The first-order valence-corrected chi connectivity index (χ1v) is 4.10. The van der Waals surface area contributed by atoms with Crippen molar-refractivity contribution in [3.8, 4) is 0 Å². The van der Waals surface area contributed by atoms with Gasteiger partial charge in [0.2, 0.25) is 0 Å². The van der Waals surface area contributed by atoms with Crippen molar-refractivity contribution in [1.29, 1.82) is 0 Å². The van der Waals surface area contributed by atoms with Crippen molar-refractivity contribution >= 4 is 0 Å². The molecular formula is C9H16O2. The van der Waals surface area contributed by atoms with Crippen LogP contribution in [0.15, 0.2) is 12.2 Å². The van der Waals surface area contributed by atoms with Gasteiger partial charge in [-0.1, -0.05) is 13.0 Å². The summed E-state index contributed by atoms with van der Waals surface area (Å²) in [6.45, 7) is 4.48. The summed E-state index contributed by atoms with van der Waals surface area (Å²) in [6.07, 6.45) is 2.95. The number of ether oxygens (including phenoxy) is 1. The molecule has 2 nitrogen and oxygen atoms in total. The number of rotatable bonds is 3. The van der Waals surface area contributed by atoms with Crippen molar-refractivity contribution in [3.63, 3.8) is 0 Å². The van der Waals surface area contributed by atoms with Crippen LogP contribution < -0.4 is 0 Å². The highest BCUT2D eigenvalue weighted by atomic mass is 16.5. The van der Waals surface area contributed by atoms with E-state index in [-0.39, 0.29) is 12.0 Å². The molecule has 2 unspecified atom stereocenters. The summed E-state index contributed by atoms with van der Waals surface area (Å²) in [6, 6.07) is 0. The predicted octanol–water partition coefficient (Wildman–Crippen LogP) is 1.35. The monoisotopic (exact) mass is 156 g/mol. The van der Waals surface area contributed by atoms with Crippen LogP contribution in [0.2, 0.25) is 0 Å². The van der Waals surface area contributed by atoms with Crippen molar-refractivity contribution in [1.82, 2.24) is 0 Å². The van der Waals surface area contributed by atoms with Gasteiger partial charge in [-0.05, 0) is 18.4 Å². The maximum absolute atomic E-state index is 9.47. The molecule has 11 heavy (non-hydrogen) atoms. The fourth-order valence-corrected chi connectivity index (χ4v) is 1.71. The van der Waals surface area contributed by atoms with Crippen LogP contribution in [0.4, 0.5) is 0 Å². The Morgan fingerprint density at radius 1 is 1.64 bits per heavy atom. The topological polar surface area (TPSA) is 29.5 Å². The van der Waals surface area contributed by atoms with E-state index in [2.05, 4.69) is 6.58 Å². The van der Waals surface area contributed by atoms with Crippen molar-refractivity contribution in [2.75, 3.05) is 13.7 Å². The first-order valence-electron chi connectivity index (χ1n) is 4.10. The van der Waals surface area contributed by atoms with Crippen LogP contribution in [0.5, 0.6) is 0 Å². The van der Waals surface area contributed by atoms with Gasteiger partial charge in [0, 0.05) is 13.0 Å². The van der Waals surface area contributed by atoms with Crippen molar-refractivity contribution < 1.29 is 9.84 Å². The molecular weight excluding hydrogens is 140 g/mol. The Kier molecular flexibility index (Phi) is 3.09. The summed E-state index contributed by atoms with van der Waals surface area (Å²) in [5.74, 6) is 0.287. The Bertz CT molecular complexity index is 142. The van der Waals surface area contributed by atoms with Crippen LogP contribution in [0.1, 0.15) is 19.3 Å². The minimum absolute atomic E-state index is 0.169. The van der Waals surface area contributed by atoms with E-state index in [1.165, 1.54) is 0 Å². The van der Waals surface area contributed by atoms with Crippen molar-refractivity contribution in [2.24, 2.45) is 5.92 Å². The molecule has 0 aromatic carbocycles. The van der Waals surface area contributed by atoms with E-state index < -0.39 is 0 Å². The number of methoxy groups -OCH3 is 1. The maximum Gasteiger partial charge on any atom is 0.0674 e. The molecule has 0 aliphatic heterocycles. The molecule has 1 aliphatic carbocycles. The Morgan fingerprint density at radius 3 is 2.82 bits per heavy atom. The average Bonchev–Trinajstić information content (AvgIpc) is 2.36. The van der Waals surface area contributed by atoms with Gasteiger partial charge in [0.25, 0.3) is 0 Å². The zero-order chi connectivity index (χ0) is 8.27. The van der Waals surface area contributed by atoms with Crippen LogP contribution >= 0.6 is 0 Å². The lowest BCUT2D eigenvalue weighted by molar-refractivity contribution is 0.134. The molecule has 0 spiro atoms. The first-order chi connectivity index (χ1) is 5.25. The zero-order valence-electron chi connectivity index (χ0n) is 7.05. The number of aliphatic hydroxyl groups is 1. The lowest BCUT2D eigenvalue weighted by Gasteiger charge is -2.16. The zero-order valence-corrected chi connectivity index (χ0v) is 7.05. The third kappa shape index (κ3) is 2.04. The fraction of sp³-hybridized carbons (Fsp3) is 0.778. The Balaban J connectivity index is 2.39. The number of hydrogen-bond donors (Lipinski definition) is 1. The highest BCUT2D eigenvalue weighted by molar-refractivity contribution is 5.05. The van der Waals surface area contributed by atoms with Crippen LogP contribution in [0.3, 0.4) is 0 Å². The van der Waals surface area contributed by atoms with E-state index >= 15 is 0 Å². The molecule has 0 aromatic rings. The molecule has 0 radical (unpaired) electrons. The predicted molar refractivity (Wildman–Crippen MR) is 44.4 cm³/mol. The third-order valence-corrected chi connectivity index (χ3v) is 2.33. The Hall–Kier alpha value is -0.340. The fourth-order valence-electron chi connectivity index (χ4n) is 1.71. The standard InChI is InChI=1S/C9H16O2/c1-7(6-11-2)8-4-3-5-9(8)10/h8-10H,1,3-6H2,2H3. The quantitative estimate of drug-likeness (QED) is 0.625. The van der Waals surface area contributed by atoms with Gasteiger partial charge in [-0.3, -0.25) is 0 Å². The summed E-state index contributed by atoms with van der Waals surface area (Å²) in [5, 5.41) is 9.47. The van der Waals surface area contributed by atoms with E-state index in [0.717, 1.165) is 24.8 Å². The second-order valence-corrected chi connectivity index (χ2v) is 3.20. The second-order valence-electron chi connectivity index (χ2n) is 3.20. The van der Waals surface area contributed by atoms with E-state index in [1.807, 2.05) is 0 Å². The molecule has 0 saturated heterocycles. The van der Waals surface area contributed by atoms with Gasteiger partial charge in [0.15, 0.2) is 0 Å². The minimum atomic E-state index is -0.169. The lowest BCUT2D eigenvalue weighted by Crippen LogP contribution is -2.17. The molecule has 64 valence electrons. The van der Waals surface area contributed by atoms with Crippen molar-refractivity contribution in [3.05, 3.63) is 12.2 Å². The minimum Gasteiger partial charge on any atom is -0.393 e. The molecule has 1 aliphatic rings. The number of aliphatic hydroxyl groups excluding tert-OH is 1. The molecule has 1 fully saturated rings. The van der Waals surface area contributed by atoms with E-state index in [0.29, 0.717) is 6.61 Å². The maximum atomic E-state index is 9.47. The molecule has 0 bridgehead atoms. The van der Waals surface area contributed by atoms with Crippen LogP contribution in [0, 0.1) is 5.92 Å². The summed E-state index contributed by atoms with van der Waals surface area (Å²) >= 11 is 0. The normalized spacial score (nSPS) is 30.7. The van der Waals surface area contributed by atoms with E-state index in [4.69, 9.17) is 4.74 Å². The highest BCUT2D eigenvalue weighted by Gasteiger charge is 2.26. The Labute approximate surface area is 67.9 Å². The van der Waals surface area contributed by atoms with Gasteiger partial charge in [0.1, 0.15) is 0 Å². The molecule has 0 amide bonds. The molecule has 1 rings (SSSR count). The van der Waals surface area contributed by atoms with Gasteiger partial charge in [-0.25, -0.2) is 0 Å². The molecule has 0 heterocycles. The molecule has 0 aromatic heterocycles. The van der Waals surface area contributed by atoms with E-state index in [1.54, 1.807) is 7.11 Å². The highest BCUT2D eigenvalue weighted by Crippen LogP contribution is 2.30. The summed E-state index contributed by atoms with van der Waals surface area (Å²) in [7, 11) is 1.66. The first kappa shape index (κ1) is 8.75. The van der Waals surface area contributed by atoms with Crippen LogP contribution in [0.25, 0.3) is 0 Å². The lowest BCUT2D eigenvalue weighted by atomic mass is 9.98. The molecule has 2 heteroatoms. The largest absolute Gasteiger partial charge is 0.393 e. The van der Waals surface area contributed by atoms with Gasteiger partial charge in [-0.15, -0.1) is 0 Å². The molecule has 2 atom stereocenters. The smallest absolute Gasteiger partial charge is 0.0674 e. The van der Waals surface area contributed by atoms with Gasteiger partial charge < -0.3 is 9.84 Å². The Morgan fingerprint density at radius 2 is 2.36 bits per heavy atom. The summed E-state index contributed by atoms with van der Waals surface area (Å²) < 4.78 is 4.95. The second kappa shape index (κ2) is 3.88. The van der Waals surface area contributed by atoms with E-state index in [9.17, 15) is 5.11 Å². The number of hydrogen-bond acceptors (Lipinski definition) is 2. The summed E-state index contributed by atoms with van der Waals surface area (Å²) in [5.41, 5.74) is 1.04. The average molecular weight is 156 g/mol. The molecule has 1 saturated carbocycles. The SMILES string of the molecule is C=C(COC)C1CCCC1O. The van der Waals surface area contributed by atoms with Crippen LogP contribution in [-0.4, -0.2) is 24.9 Å². The van der Waals surface area contributed by atoms with Gasteiger partial charge >= 0.3 is 0 Å². The van der Waals surface area contributed by atoms with Crippen molar-refractivity contribution in [2.45, 2.75) is 25.4 Å².